The highest BCUT2D eigenvalue weighted by molar-refractivity contribution is 6.12. The molecule has 0 aromatic carbocycles. The van der Waals surface area contributed by atoms with Crippen LogP contribution < -0.4 is 0 Å². The lowest BCUT2D eigenvalue weighted by atomic mass is 9.82. The zero-order chi connectivity index (χ0) is 16.5. The number of amides is 2. The van der Waals surface area contributed by atoms with Crippen LogP contribution in [0.5, 0.6) is 0 Å². The summed E-state index contributed by atoms with van der Waals surface area (Å²) in [4.78, 5) is 41.6. The van der Waals surface area contributed by atoms with Gasteiger partial charge in [-0.3, -0.25) is 19.3 Å². The molecule has 1 saturated heterocycles. The first-order valence-corrected chi connectivity index (χ1v) is 7.68. The lowest BCUT2D eigenvalue weighted by Gasteiger charge is -2.50. The highest BCUT2D eigenvalue weighted by Gasteiger charge is 2.44. The molecule has 122 valence electrons. The molecular formula is C16H24N2O4. The van der Waals surface area contributed by atoms with Crippen LogP contribution in [-0.4, -0.2) is 45.4 Å². The Labute approximate surface area is 131 Å². The highest BCUT2D eigenvalue weighted by atomic mass is 16.7. The zero-order valence-corrected chi connectivity index (χ0v) is 13.7. The predicted molar refractivity (Wildman–Crippen MR) is 80.4 cm³/mol. The van der Waals surface area contributed by atoms with Gasteiger partial charge in [0.25, 0.3) is 11.8 Å². The quantitative estimate of drug-likeness (QED) is 0.741. The molecule has 2 aliphatic heterocycles. The first kappa shape index (κ1) is 16.7. The van der Waals surface area contributed by atoms with Gasteiger partial charge in [0.05, 0.1) is 17.5 Å². The Kier molecular flexibility index (Phi) is 4.42. The third-order valence-electron chi connectivity index (χ3n) is 4.31. The van der Waals surface area contributed by atoms with Gasteiger partial charge in [0, 0.05) is 18.7 Å². The van der Waals surface area contributed by atoms with Gasteiger partial charge in [-0.15, -0.1) is 5.06 Å². The van der Waals surface area contributed by atoms with Crippen LogP contribution in [0.15, 0.2) is 12.2 Å². The standard InChI is InChI=1S/C16H24N2O4/c1-15(2)9-5-10-16(3,4)18(15)22-14(21)8-11-17-12(19)6-7-13(17)20/h6-7H,5,8-11H2,1-4H3. The number of rotatable bonds is 4. The number of carbonyl (C=O) groups excluding carboxylic acids is 3. The summed E-state index contributed by atoms with van der Waals surface area (Å²) in [5.41, 5.74) is -0.448. The van der Waals surface area contributed by atoms with E-state index in [1.54, 1.807) is 5.06 Å². The summed E-state index contributed by atoms with van der Waals surface area (Å²) in [6.07, 6.45) is 5.43. The van der Waals surface area contributed by atoms with Gasteiger partial charge in [0.1, 0.15) is 0 Å². The highest BCUT2D eigenvalue weighted by Crippen LogP contribution is 2.38. The smallest absolute Gasteiger partial charge is 0.326 e. The van der Waals surface area contributed by atoms with Gasteiger partial charge in [0.15, 0.2) is 0 Å². The summed E-state index contributed by atoms with van der Waals surface area (Å²) < 4.78 is 0. The fourth-order valence-corrected chi connectivity index (χ4v) is 3.23. The molecule has 0 bridgehead atoms. The minimum absolute atomic E-state index is 0.00181. The number of carbonyl (C=O) groups is 3. The number of piperidine rings is 1. The predicted octanol–water partition coefficient (Wildman–Crippen LogP) is 1.80. The summed E-state index contributed by atoms with van der Waals surface area (Å²) >= 11 is 0. The molecule has 6 nitrogen and oxygen atoms in total. The van der Waals surface area contributed by atoms with E-state index >= 15 is 0 Å². The molecule has 0 atom stereocenters. The number of hydrogen-bond acceptors (Lipinski definition) is 5. The molecule has 2 aliphatic rings. The molecule has 2 amide bonds. The first-order valence-electron chi connectivity index (χ1n) is 7.68. The van der Waals surface area contributed by atoms with E-state index in [2.05, 4.69) is 27.7 Å². The van der Waals surface area contributed by atoms with Crippen molar-refractivity contribution >= 4 is 17.8 Å². The molecule has 0 saturated carbocycles. The summed E-state index contributed by atoms with van der Waals surface area (Å²) in [5.74, 6) is -1.18. The van der Waals surface area contributed by atoms with Crippen LogP contribution in [0.2, 0.25) is 0 Å². The van der Waals surface area contributed by atoms with E-state index in [1.807, 2.05) is 0 Å². The number of hydrogen-bond donors (Lipinski definition) is 0. The van der Waals surface area contributed by atoms with Gasteiger partial charge in [-0.25, -0.2) is 0 Å². The Morgan fingerprint density at radius 1 is 1.09 bits per heavy atom. The minimum atomic E-state index is -0.421. The third kappa shape index (κ3) is 3.38. The normalized spacial score (nSPS) is 23.9. The fraction of sp³-hybridized carbons (Fsp3) is 0.688. The van der Waals surface area contributed by atoms with E-state index in [0.29, 0.717) is 0 Å². The van der Waals surface area contributed by atoms with E-state index in [9.17, 15) is 14.4 Å². The molecule has 0 aromatic heterocycles. The van der Waals surface area contributed by atoms with Crippen molar-refractivity contribution in [2.75, 3.05) is 6.54 Å². The van der Waals surface area contributed by atoms with E-state index in [-0.39, 0.29) is 35.9 Å². The Bertz CT molecular complexity index is 488. The largest absolute Gasteiger partial charge is 0.367 e. The Morgan fingerprint density at radius 2 is 1.59 bits per heavy atom. The topological polar surface area (TPSA) is 66.9 Å². The van der Waals surface area contributed by atoms with Crippen LogP contribution in [0.1, 0.15) is 53.4 Å². The number of nitrogens with zero attached hydrogens (tertiary/aromatic N) is 2. The van der Waals surface area contributed by atoms with E-state index in [1.165, 1.54) is 12.2 Å². The van der Waals surface area contributed by atoms with Crippen LogP contribution >= 0.6 is 0 Å². The zero-order valence-electron chi connectivity index (χ0n) is 13.7. The Hall–Kier alpha value is -1.69. The lowest BCUT2D eigenvalue weighted by Crippen LogP contribution is -2.58. The Morgan fingerprint density at radius 3 is 2.09 bits per heavy atom. The lowest BCUT2D eigenvalue weighted by molar-refractivity contribution is -0.265. The van der Waals surface area contributed by atoms with Crippen LogP contribution in [0.4, 0.5) is 0 Å². The summed E-state index contributed by atoms with van der Waals surface area (Å²) in [6, 6.07) is 0. The average molecular weight is 308 g/mol. The van der Waals surface area contributed by atoms with Crippen molar-refractivity contribution in [3.8, 4) is 0 Å². The molecule has 6 heteroatoms. The number of hydroxylamine groups is 2. The van der Waals surface area contributed by atoms with Gasteiger partial charge < -0.3 is 4.84 Å². The molecule has 2 rings (SSSR count). The molecule has 0 aromatic rings. The maximum atomic E-state index is 12.1. The third-order valence-corrected chi connectivity index (χ3v) is 4.31. The van der Waals surface area contributed by atoms with Crippen LogP contribution in [0, 0.1) is 0 Å². The molecule has 2 heterocycles. The molecule has 22 heavy (non-hydrogen) atoms. The number of imide groups is 1. The van der Waals surface area contributed by atoms with Gasteiger partial charge in [-0.1, -0.05) is 0 Å². The molecule has 1 fully saturated rings. The van der Waals surface area contributed by atoms with E-state index < -0.39 is 5.97 Å². The van der Waals surface area contributed by atoms with Crippen LogP contribution in [0.25, 0.3) is 0 Å². The van der Waals surface area contributed by atoms with Gasteiger partial charge in [-0.2, -0.15) is 0 Å². The van der Waals surface area contributed by atoms with Gasteiger partial charge in [-0.05, 0) is 47.0 Å². The molecule has 0 spiro atoms. The monoisotopic (exact) mass is 308 g/mol. The van der Waals surface area contributed by atoms with Crippen molar-refractivity contribution in [1.82, 2.24) is 9.96 Å². The van der Waals surface area contributed by atoms with Crippen molar-refractivity contribution < 1.29 is 19.2 Å². The van der Waals surface area contributed by atoms with Crippen molar-refractivity contribution in [3.05, 3.63) is 12.2 Å². The van der Waals surface area contributed by atoms with Crippen molar-refractivity contribution in [1.29, 1.82) is 0 Å². The van der Waals surface area contributed by atoms with Gasteiger partial charge in [0.2, 0.25) is 0 Å². The van der Waals surface area contributed by atoms with E-state index in [0.717, 1.165) is 24.2 Å². The van der Waals surface area contributed by atoms with Gasteiger partial charge >= 0.3 is 5.97 Å². The molecule has 0 aliphatic carbocycles. The molecule has 0 N–H and O–H groups in total. The summed E-state index contributed by atoms with van der Waals surface area (Å²) in [6.45, 7) is 8.27. The Balaban J connectivity index is 1.93. The summed E-state index contributed by atoms with van der Waals surface area (Å²) in [5, 5.41) is 1.78. The maximum Gasteiger partial charge on any atom is 0.326 e. The second-order valence-electron chi connectivity index (χ2n) is 7.15. The fourth-order valence-electron chi connectivity index (χ4n) is 3.23. The van der Waals surface area contributed by atoms with E-state index in [4.69, 9.17) is 4.84 Å². The maximum absolute atomic E-state index is 12.1. The average Bonchev–Trinajstić information content (AvgIpc) is 2.71. The summed E-state index contributed by atoms with van der Waals surface area (Å²) in [7, 11) is 0. The second-order valence-corrected chi connectivity index (χ2v) is 7.15. The first-order chi connectivity index (χ1) is 10.1. The molecule has 0 unspecified atom stereocenters. The molecule has 0 radical (unpaired) electrons. The van der Waals surface area contributed by atoms with Crippen molar-refractivity contribution in [2.45, 2.75) is 64.5 Å². The second kappa shape index (κ2) is 5.83. The van der Waals surface area contributed by atoms with Crippen molar-refractivity contribution in [3.63, 3.8) is 0 Å². The van der Waals surface area contributed by atoms with Crippen molar-refractivity contribution in [2.24, 2.45) is 0 Å². The minimum Gasteiger partial charge on any atom is -0.367 e. The SMILES string of the molecule is CC1(C)CCCC(C)(C)N1OC(=O)CCN1C(=O)C=CC1=O. The van der Waals surface area contributed by atoms with Crippen LogP contribution in [-0.2, 0) is 19.2 Å². The van der Waals surface area contributed by atoms with Crippen LogP contribution in [0.3, 0.4) is 0 Å². The molecular weight excluding hydrogens is 284 g/mol.